The van der Waals surface area contributed by atoms with Gasteiger partial charge in [-0.1, -0.05) is 29.8 Å². The lowest BCUT2D eigenvalue weighted by Gasteiger charge is -2.12. The molecule has 2 aromatic carbocycles. The second-order valence-electron chi connectivity index (χ2n) is 4.49. The Kier molecular flexibility index (Phi) is 4.58. The Morgan fingerprint density at radius 2 is 1.90 bits per heavy atom. The molecule has 0 heterocycles. The number of hydrogen-bond acceptors (Lipinski definition) is 3. The van der Waals surface area contributed by atoms with Crippen molar-refractivity contribution in [1.82, 2.24) is 0 Å². The van der Waals surface area contributed by atoms with Gasteiger partial charge in [-0.25, -0.2) is 4.39 Å². The topological polar surface area (TPSA) is 38.7 Å². The molecule has 2 rings (SSSR count). The van der Waals surface area contributed by atoms with E-state index in [0.29, 0.717) is 16.9 Å². The van der Waals surface area contributed by atoms with Gasteiger partial charge >= 0.3 is 0 Å². The molecule has 0 aromatic heterocycles. The minimum atomic E-state index is -0.423. The van der Waals surface area contributed by atoms with Crippen molar-refractivity contribution >= 4 is 0 Å². The molecule has 0 amide bonds. The number of aliphatic hydroxyl groups excluding tert-OH is 1. The summed E-state index contributed by atoms with van der Waals surface area (Å²) in [5.41, 5.74) is 2.14. The largest absolute Gasteiger partial charge is 0.494 e. The molecule has 3 nitrogen and oxygen atoms in total. The van der Waals surface area contributed by atoms with Crippen molar-refractivity contribution in [3.8, 4) is 11.5 Å². The van der Waals surface area contributed by atoms with E-state index in [-0.39, 0.29) is 19.0 Å². The Morgan fingerprint density at radius 1 is 1.10 bits per heavy atom. The highest BCUT2D eigenvalue weighted by Crippen LogP contribution is 2.24. The van der Waals surface area contributed by atoms with Gasteiger partial charge in [0.2, 0.25) is 0 Å². The van der Waals surface area contributed by atoms with E-state index in [9.17, 15) is 9.50 Å². The molecule has 20 heavy (non-hydrogen) atoms. The maximum Gasteiger partial charge on any atom is 0.171 e. The van der Waals surface area contributed by atoms with Crippen molar-refractivity contribution in [2.45, 2.75) is 20.1 Å². The minimum absolute atomic E-state index is 0.0824. The zero-order valence-electron chi connectivity index (χ0n) is 11.5. The van der Waals surface area contributed by atoms with Crippen LogP contribution in [-0.2, 0) is 13.2 Å². The lowest BCUT2D eigenvalue weighted by Crippen LogP contribution is -2.02. The summed E-state index contributed by atoms with van der Waals surface area (Å²) in [5, 5.41) is 9.30. The van der Waals surface area contributed by atoms with E-state index >= 15 is 0 Å². The van der Waals surface area contributed by atoms with E-state index in [1.54, 1.807) is 24.3 Å². The zero-order valence-corrected chi connectivity index (χ0v) is 11.5. The van der Waals surface area contributed by atoms with E-state index in [1.807, 2.05) is 19.1 Å². The second kappa shape index (κ2) is 6.39. The van der Waals surface area contributed by atoms with Gasteiger partial charge in [-0.2, -0.15) is 0 Å². The summed E-state index contributed by atoms with van der Waals surface area (Å²) in [6.07, 6.45) is 0. The maximum atomic E-state index is 14.0. The van der Waals surface area contributed by atoms with Crippen molar-refractivity contribution < 1.29 is 19.0 Å². The molecular formula is C16H17FO3. The molecule has 0 unspecified atom stereocenters. The summed E-state index contributed by atoms with van der Waals surface area (Å²) in [4.78, 5) is 0. The molecule has 4 heteroatoms. The van der Waals surface area contributed by atoms with Crippen LogP contribution in [0.1, 0.15) is 16.7 Å². The van der Waals surface area contributed by atoms with Crippen LogP contribution in [0.5, 0.6) is 11.5 Å². The summed E-state index contributed by atoms with van der Waals surface area (Å²) in [6, 6.07) is 10.4. The molecule has 0 saturated carbocycles. The minimum Gasteiger partial charge on any atom is -0.494 e. The van der Waals surface area contributed by atoms with Crippen LogP contribution in [0.4, 0.5) is 4.39 Å². The number of halogens is 1. The first kappa shape index (κ1) is 14.3. The van der Waals surface area contributed by atoms with Gasteiger partial charge in [-0.15, -0.1) is 0 Å². The maximum absolute atomic E-state index is 14.0. The molecule has 1 N–H and O–H groups in total. The van der Waals surface area contributed by atoms with Crippen LogP contribution in [0, 0.1) is 12.7 Å². The number of ether oxygens (including phenoxy) is 2. The quantitative estimate of drug-likeness (QED) is 0.911. The van der Waals surface area contributed by atoms with Gasteiger partial charge in [-0.05, 0) is 19.1 Å². The van der Waals surface area contributed by atoms with Gasteiger partial charge in [0.15, 0.2) is 11.6 Å². The van der Waals surface area contributed by atoms with Crippen LogP contribution in [0.15, 0.2) is 36.4 Å². The third-order valence-electron chi connectivity index (χ3n) is 3.03. The first-order valence-electron chi connectivity index (χ1n) is 6.30. The number of rotatable bonds is 5. The van der Waals surface area contributed by atoms with Crippen molar-refractivity contribution in [3.63, 3.8) is 0 Å². The molecule has 0 bridgehead atoms. The number of hydrogen-bond donors (Lipinski definition) is 1. The average molecular weight is 276 g/mol. The Labute approximate surface area is 117 Å². The molecule has 2 aromatic rings. The predicted molar refractivity (Wildman–Crippen MR) is 74.4 cm³/mol. The normalized spacial score (nSPS) is 10.4. The summed E-state index contributed by atoms with van der Waals surface area (Å²) < 4.78 is 24.5. The fourth-order valence-corrected chi connectivity index (χ4v) is 1.95. The van der Waals surface area contributed by atoms with Gasteiger partial charge in [0, 0.05) is 11.1 Å². The second-order valence-corrected chi connectivity index (χ2v) is 4.49. The molecule has 0 radical (unpaired) electrons. The number of aliphatic hydroxyl groups is 1. The van der Waals surface area contributed by atoms with Crippen molar-refractivity contribution in [1.29, 1.82) is 0 Å². The van der Waals surface area contributed by atoms with E-state index in [0.717, 1.165) is 5.56 Å². The standard InChI is InChI=1S/C16H17FO3/c1-11-6-7-14(13(8-11)9-18)20-10-12-4-3-5-15(19-2)16(12)17/h3-8,18H,9-10H2,1-2H3. The summed E-state index contributed by atoms with van der Waals surface area (Å²) in [5.74, 6) is 0.324. The third kappa shape index (κ3) is 3.08. The van der Waals surface area contributed by atoms with Gasteiger partial charge in [0.25, 0.3) is 0 Å². The third-order valence-corrected chi connectivity index (χ3v) is 3.03. The lowest BCUT2D eigenvalue weighted by molar-refractivity contribution is 0.256. The zero-order chi connectivity index (χ0) is 14.5. The first-order valence-corrected chi connectivity index (χ1v) is 6.30. The number of aryl methyl sites for hydroxylation is 1. The Hall–Kier alpha value is -2.07. The van der Waals surface area contributed by atoms with Crippen LogP contribution in [0.2, 0.25) is 0 Å². The highest BCUT2D eigenvalue weighted by atomic mass is 19.1. The van der Waals surface area contributed by atoms with Crippen molar-refractivity contribution in [3.05, 3.63) is 58.9 Å². The van der Waals surface area contributed by atoms with Crippen LogP contribution in [0.3, 0.4) is 0 Å². The van der Waals surface area contributed by atoms with E-state index < -0.39 is 5.82 Å². The SMILES string of the molecule is COc1cccc(COc2ccc(C)cc2CO)c1F. The van der Waals surface area contributed by atoms with Crippen LogP contribution < -0.4 is 9.47 Å². The molecule has 0 spiro atoms. The fraction of sp³-hybridized carbons (Fsp3) is 0.250. The first-order chi connectivity index (χ1) is 9.65. The molecule has 0 aliphatic carbocycles. The van der Waals surface area contributed by atoms with E-state index in [1.165, 1.54) is 7.11 Å². The fourth-order valence-electron chi connectivity index (χ4n) is 1.95. The summed E-state index contributed by atoms with van der Waals surface area (Å²) in [7, 11) is 1.42. The molecule has 106 valence electrons. The molecule has 0 aliphatic heterocycles. The van der Waals surface area contributed by atoms with Gasteiger partial charge in [0.1, 0.15) is 12.4 Å². The molecular weight excluding hydrogens is 259 g/mol. The van der Waals surface area contributed by atoms with Crippen LogP contribution in [-0.4, -0.2) is 12.2 Å². The average Bonchev–Trinajstić information content (AvgIpc) is 2.47. The van der Waals surface area contributed by atoms with E-state index in [2.05, 4.69) is 0 Å². The lowest BCUT2D eigenvalue weighted by atomic mass is 10.1. The molecule has 0 atom stereocenters. The summed E-state index contributed by atoms with van der Waals surface area (Å²) in [6.45, 7) is 1.90. The smallest absolute Gasteiger partial charge is 0.171 e. The van der Waals surface area contributed by atoms with Crippen LogP contribution >= 0.6 is 0 Å². The van der Waals surface area contributed by atoms with Crippen molar-refractivity contribution in [2.24, 2.45) is 0 Å². The van der Waals surface area contributed by atoms with Gasteiger partial charge in [0.05, 0.1) is 13.7 Å². The summed E-state index contributed by atoms with van der Waals surface area (Å²) >= 11 is 0. The van der Waals surface area contributed by atoms with Gasteiger partial charge in [-0.3, -0.25) is 0 Å². The highest BCUT2D eigenvalue weighted by molar-refractivity contribution is 5.37. The van der Waals surface area contributed by atoms with Crippen LogP contribution in [0.25, 0.3) is 0 Å². The highest BCUT2D eigenvalue weighted by Gasteiger charge is 2.10. The predicted octanol–water partition coefficient (Wildman–Crippen LogP) is 3.21. The molecule has 0 saturated heterocycles. The van der Waals surface area contributed by atoms with Crippen molar-refractivity contribution in [2.75, 3.05) is 7.11 Å². The Balaban J connectivity index is 2.17. The Morgan fingerprint density at radius 3 is 2.60 bits per heavy atom. The number of benzene rings is 2. The number of methoxy groups -OCH3 is 1. The van der Waals surface area contributed by atoms with Gasteiger partial charge < -0.3 is 14.6 Å². The molecule has 0 fully saturated rings. The monoisotopic (exact) mass is 276 g/mol. The molecule has 0 aliphatic rings. The van der Waals surface area contributed by atoms with E-state index in [4.69, 9.17) is 9.47 Å². The Bertz CT molecular complexity index is 596.